The molecule has 0 radical (unpaired) electrons. The summed E-state index contributed by atoms with van der Waals surface area (Å²) in [5.41, 5.74) is 1.86. The number of aromatic nitrogens is 4. The van der Waals surface area contributed by atoms with Crippen molar-refractivity contribution in [1.82, 2.24) is 19.6 Å². The molecule has 0 aliphatic rings. The molecule has 0 saturated heterocycles. The predicted octanol–water partition coefficient (Wildman–Crippen LogP) is 2.66. The molecule has 0 fully saturated rings. The quantitative estimate of drug-likeness (QED) is 0.654. The van der Waals surface area contributed by atoms with Gasteiger partial charge in [0.15, 0.2) is 0 Å². The van der Waals surface area contributed by atoms with Crippen LogP contribution < -0.4 is 5.32 Å². The van der Waals surface area contributed by atoms with Crippen LogP contribution in [0.25, 0.3) is 0 Å². The van der Waals surface area contributed by atoms with Gasteiger partial charge in [0.25, 0.3) is 5.91 Å². The number of amides is 1. The molecule has 1 N–H and O–H groups in total. The maximum atomic E-state index is 13.2. The maximum absolute atomic E-state index is 13.2. The van der Waals surface area contributed by atoms with E-state index >= 15 is 0 Å². The summed E-state index contributed by atoms with van der Waals surface area (Å²) in [5, 5.41) is 11.0. The molecule has 0 saturated carbocycles. The third kappa shape index (κ3) is 3.58. The highest BCUT2D eigenvalue weighted by Crippen LogP contribution is 2.14. The van der Waals surface area contributed by atoms with Crippen molar-refractivity contribution in [1.29, 1.82) is 0 Å². The van der Waals surface area contributed by atoms with Crippen molar-refractivity contribution in [2.24, 2.45) is 7.05 Å². The van der Waals surface area contributed by atoms with E-state index in [9.17, 15) is 9.18 Å². The van der Waals surface area contributed by atoms with Crippen molar-refractivity contribution in [2.45, 2.75) is 6.54 Å². The number of aryl methyl sites for hydroxylation is 1. The molecule has 2 heterocycles. The van der Waals surface area contributed by atoms with E-state index in [1.165, 1.54) is 16.8 Å². The van der Waals surface area contributed by atoms with Crippen LogP contribution in [0.15, 0.2) is 42.9 Å². The SMILES string of the molecule is Cn1ncc(I)c1C(=O)Nc1cnn(Cc2cccc(F)c2)c1. The number of carbonyl (C=O) groups excluding carboxylic acids is 1. The second-order valence-electron chi connectivity index (χ2n) is 4.98. The number of nitrogens with one attached hydrogen (secondary N) is 1. The molecule has 0 unspecified atom stereocenters. The number of hydrogen-bond acceptors (Lipinski definition) is 3. The third-order valence-corrected chi connectivity index (χ3v) is 4.02. The van der Waals surface area contributed by atoms with E-state index in [0.29, 0.717) is 17.9 Å². The number of benzene rings is 1. The van der Waals surface area contributed by atoms with Gasteiger partial charge < -0.3 is 5.32 Å². The van der Waals surface area contributed by atoms with Gasteiger partial charge in [-0.05, 0) is 40.3 Å². The minimum absolute atomic E-state index is 0.250. The highest BCUT2D eigenvalue weighted by molar-refractivity contribution is 14.1. The Balaban J connectivity index is 1.71. The fourth-order valence-corrected chi connectivity index (χ4v) is 2.91. The molecule has 0 bridgehead atoms. The Hall–Kier alpha value is -2.23. The molecule has 8 heteroatoms. The molecule has 1 amide bonds. The van der Waals surface area contributed by atoms with Crippen LogP contribution in [-0.2, 0) is 13.6 Å². The minimum Gasteiger partial charge on any atom is -0.318 e. The van der Waals surface area contributed by atoms with Crippen molar-refractivity contribution >= 4 is 34.2 Å². The summed E-state index contributed by atoms with van der Waals surface area (Å²) in [6, 6.07) is 6.33. The molecule has 6 nitrogen and oxygen atoms in total. The van der Waals surface area contributed by atoms with Gasteiger partial charge in [-0.2, -0.15) is 10.2 Å². The zero-order valence-corrected chi connectivity index (χ0v) is 14.4. The monoisotopic (exact) mass is 425 g/mol. The summed E-state index contributed by atoms with van der Waals surface area (Å²) in [4.78, 5) is 12.3. The number of hydrogen-bond donors (Lipinski definition) is 1. The molecule has 1 aromatic carbocycles. The molecule has 0 aliphatic carbocycles. The van der Waals surface area contributed by atoms with Crippen molar-refractivity contribution in [3.05, 3.63) is 63.5 Å². The van der Waals surface area contributed by atoms with Crippen LogP contribution in [0.1, 0.15) is 16.1 Å². The second kappa shape index (κ2) is 6.49. The highest BCUT2D eigenvalue weighted by atomic mass is 127. The van der Waals surface area contributed by atoms with E-state index in [-0.39, 0.29) is 11.7 Å². The highest BCUT2D eigenvalue weighted by Gasteiger charge is 2.15. The Labute approximate surface area is 145 Å². The summed E-state index contributed by atoms with van der Waals surface area (Å²) in [6.07, 6.45) is 4.88. The van der Waals surface area contributed by atoms with Crippen molar-refractivity contribution < 1.29 is 9.18 Å². The van der Waals surface area contributed by atoms with Crippen LogP contribution >= 0.6 is 22.6 Å². The van der Waals surface area contributed by atoms with Crippen molar-refractivity contribution in [3.63, 3.8) is 0 Å². The van der Waals surface area contributed by atoms with Gasteiger partial charge in [0.1, 0.15) is 11.5 Å². The number of anilines is 1. The Bertz CT molecular complexity index is 838. The third-order valence-electron chi connectivity index (χ3n) is 3.23. The summed E-state index contributed by atoms with van der Waals surface area (Å²) in [6.45, 7) is 0.427. The van der Waals surface area contributed by atoms with Crippen LogP contribution in [0.4, 0.5) is 10.1 Å². The number of carbonyl (C=O) groups is 1. The smallest absolute Gasteiger partial charge is 0.275 e. The summed E-state index contributed by atoms with van der Waals surface area (Å²) in [7, 11) is 1.71. The Morgan fingerprint density at radius 3 is 2.87 bits per heavy atom. The Kier molecular flexibility index (Phi) is 4.42. The molecule has 3 aromatic rings. The zero-order chi connectivity index (χ0) is 16.4. The lowest BCUT2D eigenvalue weighted by atomic mass is 10.2. The number of rotatable bonds is 4. The van der Waals surface area contributed by atoms with Crippen LogP contribution in [0.3, 0.4) is 0 Å². The average Bonchev–Trinajstić information content (AvgIpc) is 3.06. The first kappa shape index (κ1) is 15.7. The van der Waals surface area contributed by atoms with Crippen molar-refractivity contribution in [3.8, 4) is 0 Å². The molecular weight excluding hydrogens is 412 g/mol. The molecule has 3 rings (SSSR count). The molecule has 0 aliphatic heterocycles. The predicted molar refractivity (Wildman–Crippen MR) is 91.6 cm³/mol. The van der Waals surface area contributed by atoms with Gasteiger partial charge in [-0.1, -0.05) is 12.1 Å². The van der Waals surface area contributed by atoms with Gasteiger partial charge in [0, 0.05) is 13.2 Å². The van der Waals surface area contributed by atoms with Crippen LogP contribution in [0, 0.1) is 9.39 Å². The van der Waals surface area contributed by atoms with Crippen LogP contribution in [-0.4, -0.2) is 25.5 Å². The first-order valence-corrected chi connectivity index (χ1v) is 7.86. The first-order chi connectivity index (χ1) is 11.0. The maximum Gasteiger partial charge on any atom is 0.275 e. The topological polar surface area (TPSA) is 64.7 Å². The Morgan fingerprint density at radius 1 is 1.35 bits per heavy atom. The molecule has 2 aromatic heterocycles. The molecular formula is C15H13FIN5O. The zero-order valence-electron chi connectivity index (χ0n) is 12.2. The van der Waals surface area contributed by atoms with Gasteiger partial charge in [-0.15, -0.1) is 0 Å². The van der Waals surface area contributed by atoms with Gasteiger partial charge in [0.2, 0.25) is 0 Å². The average molecular weight is 425 g/mol. The van der Waals surface area contributed by atoms with Gasteiger partial charge in [-0.3, -0.25) is 14.2 Å². The fraction of sp³-hybridized carbons (Fsp3) is 0.133. The molecule has 0 atom stereocenters. The van der Waals surface area contributed by atoms with Crippen LogP contribution in [0.5, 0.6) is 0 Å². The molecule has 23 heavy (non-hydrogen) atoms. The van der Waals surface area contributed by atoms with E-state index in [0.717, 1.165) is 9.13 Å². The van der Waals surface area contributed by atoms with Gasteiger partial charge in [-0.25, -0.2) is 4.39 Å². The van der Waals surface area contributed by atoms with Crippen LogP contribution in [0.2, 0.25) is 0 Å². The number of halogens is 2. The van der Waals surface area contributed by atoms with E-state index in [1.54, 1.807) is 36.4 Å². The van der Waals surface area contributed by atoms with Crippen molar-refractivity contribution in [2.75, 3.05) is 5.32 Å². The minimum atomic E-state index is -0.283. The standard InChI is InChI=1S/C15H13FIN5O/c1-21-14(13(17)7-18-21)15(23)20-12-6-19-22(9-12)8-10-3-2-4-11(16)5-10/h2-7,9H,8H2,1H3,(H,20,23). The van der Waals surface area contributed by atoms with Gasteiger partial charge in [0.05, 0.1) is 28.2 Å². The number of nitrogens with zero attached hydrogens (tertiary/aromatic N) is 4. The largest absolute Gasteiger partial charge is 0.318 e. The lowest BCUT2D eigenvalue weighted by Crippen LogP contribution is -2.17. The molecule has 118 valence electrons. The second-order valence-corrected chi connectivity index (χ2v) is 6.14. The van der Waals surface area contributed by atoms with E-state index in [4.69, 9.17) is 0 Å². The summed E-state index contributed by atoms with van der Waals surface area (Å²) in [5.74, 6) is -0.534. The van der Waals surface area contributed by atoms with Gasteiger partial charge >= 0.3 is 0 Å². The lowest BCUT2D eigenvalue weighted by Gasteiger charge is -2.04. The molecule has 0 spiro atoms. The van der Waals surface area contributed by atoms with E-state index in [1.807, 2.05) is 6.07 Å². The first-order valence-electron chi connectivity index (χ1n) is 6.78. The summed E-state index contributed by atoms with van der Waals surface area (Å²) < 4.78 is 17.1. The normalized spacial score (nSPS) is 10.7. The lowest BCUT2D eigenvalue weighted by molar-refractivity contribution is 0.101. The van der Waals surface area contributed by atoms with E-state index in [2.05, 4.69) is 38.1 Å². The Morgan fingerprint density at radius 2 is 2.17 bits per heavy atom. The fourth-order valence-electron chi connectivity index (χ4n) is 2.19. The summed E-state index contributed by atoms with van der Waals surface area (Å²) >= 11 is 2.06. The van der Waals surface area contributed by atoms with E-state index < -0.39 is 0 Å².